The lowest BCUT2D eigenvalue weighted by Crippen LogP contribution is -2.39. The summed E-state index contributed by atoms with van der Waals surface area (Å²) in [6, 6.07) is 0. The molecule has 6 heteroatoms. The molecule has 35 heavy (non-hydrogen) atoms. The molecule has 0 unspecified atom stereocenters. The van der Waals surface area contributed by atoms with Crippen molar-refractivity contribution >= 4 is 17.7 Å². The smallest absolute Gasteiger partial charge is 0.331 e. The predicted octanol–water partition coefficient (Wildman–Crippen LogP) is 5.25. The monoisotopic (exact) mass is 485 g/mol. The van der Waals surface area contributed by atoms with Gasteiger partial charge in [0.25, 0.3) is 5.91 Å². The Balaban J connectivity index is 3.57. The second-order valence-corrected chi connectivity index (χ2v) is 10.1. The van der Waals surface area contributed by atoms with Crippen LogP contribution in [0.15, 0.2) is 59.3 Å². The van der Waals surface area contributed by atoms with Crippen LogP contribution in [-0.2, 0) is 19.1 Å². The molecule has 0 aromatic heterocycles. The minimum atomic E-state index is -1.66. The highest BCUT2D eigenvalue weighted by Crippen LogP contribution is 2.33. The molecule has 0 aromatic carbocycles. The van der Waals surface area contributed by atoms with Gasteiger partial charge in [0.1, 0.15) is 5.60 Å². The lowest BCUT2D eigenvalue weighted by Gasteiger charge is -2.29. The largest absolute Gasteiger partial charge is 0.452 e. The first-order chi connectivity index (χ1) is 16.2. The van der Waals surface area contributed by atoms with E-state index in [9.17, 15) is 19.5 Å². The third-order valence-corrected chi connectivity index (χ3v) is 6.06. The van der Waals surface area contributed by atoms with Crippen LogP contribution in [0.4, 0.5) is 0 Å². The average Bonchev–Trinajstić information content (AvgIpc) is 2.76. The third kappa shape index (κ3) is 9.81. The van der Waals surface area contributed by atoms with Gasteiger partial charge in [0, 0.05) is 19.2 Å². The number of aliphatic hydroxyl groups is 1. The maximum absolute atomic E-state index is 13.1. The van der Waals surface area contributed by atoms with Crippen LogP contribution in [0, 0.1) is 5.41 Å². The Morgan fingerprint density at radius 1 is 1.11 bits per heavy atom. The highest BCUT2D eigenvalue weighted by atomic mass is 16.6. The van der Waals surface area contributed by atoms with Crippen LogP contribution >= 0.6 is 0 Å². The van der Waals surface area contributed by atoms with Gasteiger partial charge < -0.3 is 14.7 Å². The van der Waals surface area contributed by atoms with Gasteiger partial charge in [-0.25, -0.2) is 4.79 Å². The highest BCUT2D eigenvalue weighted by Gasteiger charge is 2.33. The zero-order valence-corrected chi connectivity index (χ0v) is 22.7. The molecular formula is C29H43NO5. The summed E-state index contributed by atoms with van der Waals surface area (Å²) in [5, 5.41) is 11.2. The zero-order chi connectivity index (χ0) is 26.8. The lowest BCUT2D eigenvalue weighted by atomic mass is 9.80. The minimum Gasteiger partial charge on any atom is -0.452 e. The predicted molar refractivity (Wildman–Crippen MR) is 141 cm³/mol. The van der Waals surface area contributed by atoms with E-state index >= 15 is 0 Å². The van der Waals surface area contributed by atoms with Gasteiger partial charge in [-0.2, -0.15) is 0 Å². The van der Waals surface area contributed by atoms with Crippen LogP contribution in [0.1, 0.15) is 74.7 Å². The van der Waals surface area contributed by atoms with Gasteiger partial charge in [0.2, 0.25) is 0 Å². The van der Waals surface area contributed by atoms with E-state index in [0.29, 0.717) is 19.5 Å². The molecule has 0 saturated heterocycles. The number of allylic oxidation sites excluding steroid dienone is 6. The number of likely N-dealkylation sites (N-methyl/N-ethyl adjacent to an activating group) is 1. The normalized spacial score (nSPS) is 28.0. The van der Waals surface area contributed by atoms with Gasteiger partial charge >= 0.3 is 5.97 Å². The number of ketones is 1. The number of ether oxygens (including phenoxy) is 1. The molecule has 1 aliphatic carbocycles. The van der Waals surface area contributed by atoms with Crippen molar-refractivity contribution in [1.29, 1.82) is 0 Å². The molecule has 0 aliphatic heterocycles. The number of hydrogen-bond acceptors (Lipinski definition) is 5. The second-order valence-electron chi connectivity index (χ2n) is 10.1. The molecule has 0 fully saturated rings. The summed E-state index contributed by atoms with van der Waals surface area (Å²) in [7, 11) is 0. The molecule has 0 heterocycles. The number of hydrogen-bond donors (Lipinski definition) is 1. The Hall–Kier alpha value is -2.73. The van der Waals surface area contributed by atoms with E-state index in [1.54, 1.807) is 30.9 Å². The molecule has 194 valence electrons. The van der Waals surface area contributed by atoms with E-state index in [4.69, 9.17) is 4.74 Å². The summed E-state index contributed by atoms with van der Waals surface area (Å²) >= 11 is 0. The third-order valence-electron chi connectivity index (χ3n) is 6.06. The minimum absolute atomic E-state index is 0.0857. The average molecular weight is 486 g/mol. The quantitative estimate of drug-likeness (QED) is 0.220. The number of rotatable bonds is 8. The van der Waals surface area contributed by atoms with Crippen molar-refractivity contribution in [3.63, 3.8) is 0 Å². The van der Waals surface area contributed by atoms with E-state index in [2.05, 4.69) is 6.08 Å². The zero-order valence-electron chi connectivity index (χ0n) is 22.7. The first-order valence-electron chi connectivity index (χ1n) is 12.4. The number of carbonyl (C=O) groups excluding carboxylic acids is 3. The van der Waals surface area contributed by atoms with Crippen molar-refractivity contribution in [2.24, 2.45) is 5.41 Å². The molecule has 0 radical (unpaired) electrons. The molecule has 1 rings (SSSR count). The molecule has 1 N–H and O–H groups in total. The van der Waals surface area contributed by atoms with Crippen LogP contribution in [-0.4, -0.2) is 52.5 Å². The van der Waals surface area contributed by atoms with Crippen molar-refractivity contribution in [2.75, 3.05) is 13.1 Å². The molecule has 0 saturated carbocycles. The Morgan fingerprint density at radius 2 is 1.74 bits per heavy atom. The summed E-state index contributed by atoms with van der Waals surface area (Å²) in [5.74, 6) is -1.38. The van der Waals surface area contributed by atoms with Crippen LogP contribution in [0.3, 0.4) is 0 Å². The first-order valence-corrected chi connectivity index (χ1v) is 12.4. The first kappa shape index (κ1) is 30.3. The van der Waals surface area contributed by atoms with Crippen LogP contribution in [0.25, 0.3) is 0 Å². The maximum Gasteiger partial charge on any atom is 0.331 e. The van der Waals surface area contributed by atoms with Gasteiger partial charge in [-0.15, -0.1) is 0 Å². The topological polar surface area (TPSA) is 83.9 Å². The fourth-order valence-corrected chi connectivity index (χ4v) is 3.75. The van der Waals surface area contributed by atoms with E-state index < -0.39 is 28.9 Å². The number of carbonyl (C=O) groups is 3. The molecule has 0 aromatic rings. The van der Waals surface area contributed by atoms with E-state index in [-0.39, 0.29) is 11.5 Å². The molecule has 1 aliphatic rings. The SMILES string of the molecule is CCN(CC)C(=O)/C1=C/C[C@](C)(CCC=C(C)C)/C=C/[C@@H](OC(=O)C=C(C)C)[C@](C)(O)/C=C/C1=O. The number of esters is 1. The van der Waals surface area contributed by atoms with Crippen LogP contribution in [0.2, 0.25) is 0 Å². The Bertz CT molecular complexity index is 923. The maximum atomic E-state index is 13.1. The van der Waals surface area contributed by atoms with Crippen LogP contribution < -0.4 is 0 Å². The number of amides is 1. The lowest BCUT2D eigenvalue weighted by molar-refractivity contribution is -0.148. The van der Waals surface area contributed by atoms with Gasteiger partial charge in [0.15, 0.2) is 11.9 Å². The highest BCUT2D eigenvalue weighted by molar-refractivity contribution is 6.23. The van der Waals surface area contributed by atoms with Crippen molar-refractivity contribution in [2.45, 2.75) is 86.4 Å². The molecular weight excluding hydrogens is 442 g/mol. The Labute approximate surface area is 211 Å². The van der Waals surface area contributed by atoms with Gasteiger partial charge in [0.05, 0.1) is 5.57 Å². The van der Waals surface area contributed by atoms with E-state index in [0.717, 1.165) is 18.4 Å². The van der Waals surface area contributed by atoms with E-state index in [1.165, 1.54) is 30.7 Å². The van der Waals surface area contributed by atoms with E-state index in [1.807, 2.05) is 40.7 Å². The number of nitrogens with zero attached hydrogens (tertiary/aromatic N) is 1. The fraction of sp³-hybridized carbons (Fsp3) is 0.552. The molecule has 0 bridgehead atoms. The van der Waals surface area contributed by atoms with Crippen LogP contribution in [0.5, 0.6) is 0 Å². The second kappa shape index (κ2) is 13.4. The molecule has 0 spiro atoms. The molecule has 6 nitrogen and oxygen atoms in total. The summed E-state index contributed by atoms with van der Waals surface area (Å²) in [6.07, 6.45) is 12.3. The summed E-state index contributed by atoms with van der Waals surface area (Å²) < 4.78 is 5.59. The van der Waals surface area contributed by atoms with Crippen molar-refractivity contribution in [1.82, 2.24) is 4.90 Å². The Morgan fingerprint density at radius 3 is 2.29 bits per heavy atom. The fourth-order valence-electron chi connectivity index (χ4n) is 3.75. The van der Waals surface area contributed by atoms with Crippen molar-refractivity contribution in [3.8, 4) is 0 Å². The van der Waals surface area contributed by atoms with Gasteiger partial charge in [-0.05, 0) is 91.4 Å². The summed E-state index contributed by atoms with van der Waals surface area (Å²) in [6.45, 7) is 15.9. The van der Waals surface area contributed by atoms with Gasteiger partial charge in [-0.1, -0.05) is 36.3 Å². The molecule has 1 amide bonds. The molecule has 3 atom stereocenters. The summed E-state index contributed by atoms with van der Waals surface area (Å²) in [4.78, 5) is 40.3. The summed E-state index contributed by atoms with van der Waals surface area (Å²) in [5.41, 5.74) is -0.0361. The van der Waals surface area contributed by atoms with Crippen molar-refractivity contribution in [3.05, 3.63) is 59.3 Å². The Kier molecular flexibility index (Phi) is 11.6. The van der Waals surface area contributed by atoms with Gasteiger partial charge in [-0.3, -0.25) is 9.59 Å². The standard InChI is InChI=1S/C29H43NO5/c1-9-30(10-2)27(33)23-13-17-28(7,16-11-12-21(3)4)18-15-25(35-26(32)20-22(5)6)29(8,34)19-14-24(23)31/h12-15,18-20,25,34H,9-11,16-17H2,1-8H3/b18-15+,19-14+,23-13+/t25-,28+,29-/m1/s1. The van der Waals surface area contributed by atoms with Crippen molar-refractivity contribution < 1.29 is 24.2 Å².